The molecular formula is C23H21N3O5. The number of nitrogens with zero attached hydrogens (tertiary/aromatic N) is 1. The zero-order valence-electron chi connectivity index (χ0n) is 17.0. The van der Waals surface area contributed by atoms with E-state index in [4.69, 9.17) is 4.74 Å². The number of hydrogen-bond donors (Lipinski definition) is 2. The van der Waals surface area contributed by atoms with Crippen LogP contribution in [0.5, 0.6) is 0 Å². The molecule has 0 radical (unpaired) electrons. The Hall–Kier alpha value is -4.20. The molecule has 0 bridgehead atoms. The van der Waals surface area contributed by atoms with E-state index >= 15 is 0 Å². The standard InChI is InChI=1S/C23H21N3O5/c1-15-7-6-8-16(2)22(15)25-21(27)14-31-23(28)17-11-12-19(20(13-17)26(29)30)24-18-9-4-3-5-10-18/h3-13,24H,14H2,1-2H3,(H,25,27). The summed E-state index contributed by atoms with van der Waals surface area (Å²) in [6.45, 7) is 3.21. The van der Waals surface area contributed by atoms with E-state index in [9.17, 15) is 19.7 Å². The van der Waals surface area contributed by atoms with Gasteiger partial charge in [-0.15, -0.1) is 0 Å². The quantitative estimate of drug-likeness (QED) is 0.325. The Morgan fingerprint density at radius 3 is 2.29 bits per heavy atom. The molecule has 0 spiro atoms. The first-order chi connectivity index (χ1) is 14.8. The van der Waals surface area contributed by atoms with E-state index in [1.165, 1.54) is 12.1 Å². The van der Waals surface area contributed by atoms with Gasteiger partial charge >= 0.3 is 5.97 Å². The Labute approximate surface area is 179 Å². The Balaban J connectivity index is 1.68. The lowest BCUT2D eigenvalue weighted by Gasteiger charge is -2.12. The average molecular weight is 419 g/mol. The molecule has 0 heterocycles. The molecular weight excluding hydrogens is 398 g/mol. The first-order valence-electron chi connectivity index (χ1n) is 9.49. The molecule has 0 saturated heterocycles. The maximum absolute atomic E-state index is 12.3. The van der Waals surface area contributed by atoms with Crippen LogP contribution in [-0.4, -0.2) is 23.4 Å². The lowest BCUT2D eigenvalue weighted by molar-refractivity contribution is -0.383. The summed E-state index contributed by atoms with van der Waals surface area (Å²) in [4.78, 5) is 35.4. The van der Waals surface area contributed by atoms with Crippen LogP contribution in [-0.2, 0) is 9.53 Å². The fraction of sp³-hybridized carbons (Fsp3) is 0.130. The van der Waals surface area contributed by atoms with E-state index in [1.54, 1.807) is 24.3 Å². The van der Waals surface area contributed by atoms with Crippen molar-refractivity contribution in [3.63, 3.8) is 0 Å². The van der Waals surface area contributed by atoms with Crippen molar-refractivity contribution in [3.05, 3.63) is 93.5 Å². The monoisotopic (exact) mass is 419 g/mol. The Morgan fingerprint density at radius 2 is 1.65 bits per heavy atom. The van der Waals surface area contributed by atoms with Crippen LogP contribution in [0.3, 0.4) is 0 Å². The van der Waals surface area contributed by atoms with Crippen molar-refractivity contribution < 1.29 is 19.2 Å². The minimum Gasteiger partial charge on any atom is -0.452 e. The van der Waals surface area contributed by atoms with Gasteiger partial charge in [0.25, 0.3) is 11.6 Å². The molecule has 0 aromatic heterocycles. The molecule has 3 rings (SSSR count). The predicted molar refractivity (Wildman–Crippen MR) is 118 cm³/mol. The number of hydrogen-bond acceptors (Lipinski definition) is 6. The summed E-state index contributed by atoms with van der Waals surface area (Å²) in [6.07, 6.45) is 0. The van der Waals surface area contributed by atoms with Gasteiger partial charge in [-0.1, -0.05) is 36.4 Å². The molecule has 0 aliphatic rings. The molecule has 8 heteroatoms. The number of anilines is 3. The summed E-state index contributed by atoms with van der Waals surface area (Å²) in [6, 6.07) is 18.5. The molecule has 0 fully saturated rings. The van der Waals surface area contributed by atoms with E-state index in [1.807, 2.05) is 38.1 Å². The number of carbonyl (C=O) groups excluding carboxylic acids is 2. The normalized spacial score (nSPS) is 10.3. The number of carbonyl (C=O) groups is 2. The third-order valence-corrected chi connectivity index (χ3v) is 4.56. The Kier molecular flexibility index (Phi) is 6.61. The molecule has 8 nitrogen and oxygen atoms in total. The molecule has 3 aromatic rings. The van der Waals surface area contributed by atoms with Gasteiger partial charge in [0.1, 0.15) is 5.69 Å². The zero-order valence-corrected chi connectivity index (χ0v) is 17.0. The van der Waals surface area contributed by atoms with Gasteiger partial charge in [0.15, 0.2) is 6.61 Å². The second-order valence-corrected chi connectivity index (χ2v) is 6.87. The lowest BCUT2D eigenvalue weighted by Crippen LogP contribution is -2.22. The highest BCUT2D eigenvalue weighted by atomic mass is 16.6. The summed E-state index contributed by atoms with van der Waals surface area (Å²) < 4.78 is 5.04. The van der Waals surface area contributed by atoms with Crippen molar-refractivity contribution in [2.75, 3.05) is 17.2 Å². The van der Waals surface area contributed by atoms with E-state index < -0.39 is 23.4 Å². The first-order valence-corrected chi connectivity index (χ1v) is 9.49. The van der Waals surface area contributed by atoms with Gasteiger partial charge in [0, 0.05) is 17.4 Å². The highest BCUT2D eigenvalue weighted by molar-refractivity contribution is 5.97. The first kappa shape index (κ1) is 21.5. The van der Waals surface area contributed by atoms with Gasteiger partial charge < -0.3 is 15.4 Å². The second-order valence-electron chi connectivity index (χ2n) is 6.87. The number of ether oxygens (including phenoxy) is 1. The number of nitro benzene ring substituents is 1. The third-order valence-electron chi connectivity index (χ3n) is 4.56. The largest absolute Gasteiger partial charge is 0.452 e. The molecule has 0 saturated carbocycles. The summed E-state index contributed by atoms with van der Waals surface area (Å²) in [5.41, 5.74) is 3.04. The van der Waals surface area contributed by atoms with Crippen LogP contribution in [0.1, 0.15) is 21.5 Å². The fourth-order valence-electron chi connectivity index (χ4n) is 2.99. The minimum atomic E-state index is -0.828. The van der Waals surface area contributed by atoms with Crippen LogP contribution in [0.4, 0.5) is 22.7 Å². The zero-order chi connectivity index (χ0) is 22.4. The molecule has 1 amide bonds. The van der Waals surface area contributed by atoms with Crippen molar-refractivity contribution in [1.82, 2.24) is 0 Å². The molecule has 0 atom stereocenters. The van der Waals surface area contributed by atoms with Crippen LogP contribution >= 0.6 is 0 Å². The smallest absolute Gasteiger partial charge is 0.338 e. The predicted octanol–water partition coefficient (Wildman–Crippen LogP) is 4.75. The summed E-state index contributed by atoms with van der Waals surface area (Å²) in [5.74, 6) is -1.33. The fourth-order valence-corrected chi connectivity index (χ4v) is 2.99. The summed E-state index contributed by atoms with van der Waals surface area (Å²) in [7, 11) is 0. The van der Waals surface area contributed by atoms with E-state index in [-0.39, 0.29) is 16.9 Å². The van der Waals surface area contributed by atoms with Gasteiger partial charge in [0.2, 0.25) is 0 Å². The van der Waals surface area contributed by atoms with Crippen molar-refractivity contribution in [2.45, 2.75) is 13.8 Å². The molecule has 0 unspecified atom stereocenters. The average Bonchev–Trinajstić information content (AvgIpc) is 2.75. The molecule has 0 aliphatic carbocycles. The number of benzene rings is 3. The van der Waals surface area contributed by atoms with Crippen LogP contribution < -0.4 is 10.6 Å². The van der Waals surface area contributed by atoms with Gasteiger partial charge in [-0.3, -0.25) is 14.9 Å². The molecule has 3 aromatic carbocycles. The van der Waals surface area contributed by atoms with Crippen LogP contribution in [0.2, 0.25) is 0 Å². The Bertz CT molecular complexity index is 1110. The molecule has 0 aliphatic heterocycles. The van der Waals surface area contributed by atoms with Crippen molar-refractivity contribution in [1.29, 1.82) is 0 Å². The SMILES string of the molecule is Cc1cccc(C)c1NC(=O)COC(=O)c1ccc(Nc2ccccc2)c([N+](=O)[O-])c1. The number of nitro groups is 1. The third kappa shape index (κ3) is 5.45. The topological polar surface area (TPSA) is 111 Å². The van der Waals surface area contributed by atoms with E-state index in [0.717, 1.165) is 17.2 Å². The van der Waals surface area contributed by atoms with Gasteiger partial charge in [-0.05, 0) is 49.2 Å². The van der Waals surface area contributed by atoms with Gasteiger partial charge in [-0.2, -0.15) is 0 Å². The van der Waals surface area contributed by atoms with Crippen LogP contribution in [0.25, 0.3) is 0 Å². The molecule has 2 N–H and O–H groups in total. The number of amides is 1. The Morgan fingerprint density at radius 1 is 0.968 bits per heavy atom. The molecule has 31 heavy (non-hydrogen) atoms. The number of para-hydroxylation sites is 2. The lowest BCUT2D eigenvalue weighted by atomic mass is 10.1. The highest BCUT2D eigenvalue weighted by Crippen LogP contribution is 2.29. The van der Waals surface area contributed by atoms with Gasteiger partial charge in [-0.25, -0.2) is 4.79 Å². The van der Waals surface area contributed by atoms with Crippen LogP contribution in [0, 0.1) is 24.0 Å². The van der Waals surface area contributed by atoms with Gasteiger partial charge in [0.05, 0.1) is 10.5 Å². The number of esters is 1. The van der Waals surface area contributed by atoms with Crippen molar-refractivity contribution >= 4 is 34.6 Å². The highest BCUT2D eigenvalue weighted by Gasteiger charge is 2.19. The number of rotatable bonds is 7. The number of nitrogens with one attached hydrogen (secondary N) is 2. The number of aryl methyl sites for hydroxylation is 2. The second kappa shape index (κ2) is 9.53. The van der Waals surface area contributed by atoms with E-state index in [0.29, 0.717) is 11.4 Å². The summed E-state index contributed by atoms with van der Waals surface area (Å²) >= 11 is 0. The van der Waals surface area contributed by atoms with Crippen molar-refractivity contribution in [3.8, 4) is 0 Å². The van der Waals surface area contributed by atoms with Crippen LogP contribution in [0.15, 0.2) is 66.7 Å². The summed E-state index contributed by atoms with van der Waals surface area (Å²) in [5, 5.41) is 17.1. The van der Waals surface area contributed by atoms with E-state index in [2.05, 4.69) is 10.6 Å². The minimum absolute atomic E-state index is 0.0230. The molecule has 158 valence electrons. The maximum Gasteiger partial charge on any atom is 0.338 e. The maximum atomic E-state index is 12.3. The van der Waals surface area contributed by atoms with Crippen molar-refractivity contribution in [2.24, 2.45) is 0 Å².